The molecule has 9 heteroatoms. The highest BCUT2D eigenvalue weighted by atomic mass is 32.3. The number of anilines is 1. The molecule has 2 N–H and O–H groups in total. The Morgan fingerprint density at radius 2 is 1.70 bits per heavy atom. The van der Waals surface area contributed by atoms with Gasteiger partial charge in [-0.3, -0.25) is 9.52 Å². The summed E-state index contributed by atoms with van der Waals surface area (Å²) in [6.07, 6.45) is 1.16. The average Bonchev–Trinajstić information content (AvgIpc) is 2.24. The lowest BCUT2D eigenvalue weighted by atomic mass is 10.1. The van der Waals surface area contributed by atoms with Crippen LogP contribution < -0.4 is 4.72 Å². The van der Waals surface area contributed by atoms with Gasteiger partial charge in [0.1, 0.15) is 0 Å². The Morgan fingerprint density at radius 1 is 1.15 bits per heavy atom. The van der Waals surface area contributed by atoms with Gasteiger partial charge in [0.05, 0.1) is 0 Å². The van der Waals surface area contributed by atoms with E-state index in [9.17, 15) is 21.6 Å². The number of rotatable bonds is 7. The fraction of sp³-hybridized carbons (Fsp3) is 0.364. The average molecular weight is 321 g/mol. The molecule has 0 aliphatic carbocycles. The smallest absolute Gasteiger partial charge is 0.303 e. The second kappa shape index (κ2) is 6.23. The lowest BCUT2D eigenvalue weighted by Gasteiger charge is -2.07. The maximum absolute atomic E-state index is 11.5. The molecule has 1 aromatic carbocycles. The van der Waals surface area contributed by atoms with Crippen molar-refractivity contribution >= 4 is 31.5 Å². The van der Waals surface area contributed by atoms with Gasteiger partial charge >= 0.3 is 5.97 Å². The Hall–Kier alpha value is -1.61. The monoisotopic (exact) mass is 321 g/mol. The zero-order chi connectivity index (χ0) is 15.4. The molecule has 0 aromatic heterocycles. The van der Waals surface area contributed by atoms with E-state index in [1.807, 2.05) is 0 Å². The van der Waals surface area contributed by atoms with Gasteiger partial charge in [-0.25, -0.2) is 16.8 Å². The van der Waals surface area contributed by atoms with Gasteiger partial charge in [0.25, 0.3) is 0 Å². The van der Waals surface area contributed by atoms with Crippen LogP contribution in [0.3, 0.4) is 0 Å². The van der Waals surface area contributed by atoms with E-state index in [-0.39, 0.29) is 12.1 Å². The van der Waals surface area contributed by atoms with Crippen molar-refractivity contribution in [3.8, 4) is 0 Å². The molecule has 0 atom stereocenters. The minimum atomic E-state index is -3.96. The summed E-state index contributed by atoms with van der Waals surface area (Å²) in [7, 11) is -7.61. The SMILES string of the molecule is CS(=O)(=O)CS(=O)(=O)Nc1ccc(CCC(=O)O)cc1. The number of aryl methyl sites for hydroxylation is 1. The van der Waals surface area contributed by atoms with Gasteiger partial charge in [-0.05, 0) is 24.1 Å². The highest BCUT2D eigenvalue weighted by molar-refractivity contribution is 8.08. The number of hydrogen-bond acceptors (Lipinski definition) is 5. The summed E-state index contributed by atoms with van der Waals surface area (Å²) in [5.74, 6) is -0.914. The van der Waals surface area contributed by atoms with Gasteiger partial charge in [0.15, 0.2) is 14.9 Å². The number of sulfone groups is 1. The van der Waals surface area contributed by atoms with Gasteiger partial charge < -0.3 is 5.11 Å². The van der Waals surface area contributed by atoms with Gasteiger partial charge in [-0.1, -0.05) is 12.1 Å². The van der Waals surface area contributed by atoms with Crippen LogP contribution in [0.25, 0.3) is 0 Å². The molecular weight excluding hydrogens is 306 g/mol. The molecule has 20 heavy (non-hydrogen) atoms. The van der Waals surface area contributed by atoms with Crippen LogP contribution in [0.1, 0.15) is 12.0 Å². The molecule has 0 radical (unpaired) electrons. The second-order valence-corrected chi connectivity index (χ2v) is 8.58. The Balaban J connectivity index is 2.72. The van der Waals surface area contributed by atoms with Gasteiger partial charge in [-0.2, -0.15) is 0 Å². The summed E-state index contributed by atoms with van der Waals surface area (Å²) in [6.45, 7) is 0. The lowest BCUT2D eigenvalue weighted by Crippen LogP contribution is -2.22. The number of carboxylic acids is 1. The van der Waals surface area contributed by atoms with Crippen molar-refractivity contribution in [2.45, 2.75) is 12.8 Å². The van der Waals surface area contributed by atoms with E-state index >= 15 is 0 Å². The first-order valence-corrected chi connectivity index (χ1v) is 9.28. The maximum atomic E-state index is 11.5. The molecule has 0 heterocycles. The van der Waals surface area contributed by atoms with Crippen molar-refractivity contribution < 1.29 is 26.7 Å². The van der Waals surface area contributed by atoms with Crippen LogP contribution in [0.5, 0.6) is 0 Å². The number of carboxylic acid groups (broad SMARTS) is 1. The number of hydrogen-bond donors (Lipinski definition) is 2. The maximum Gasteiger partial charge on any atom is 0.303 e. The van der Waals surface area contributed by atoms with E-state index < -0.39 is 30.9 Å². The predicted molar refractivity (Wildman–Crippen MR) is 74.7 cm³/mol. The van der Waals surface area contributed by atoms with Gasteiger partial charge in [0, 0.05) is 18.4 Å². The number of sulfonamides is 1. The van der Waals surface area contributed by atoms with E-state index in [0.717, 1.165) is 11.8 Å². The molecule has 112 valence electrons. The summed E-state index contributed by atoms with van der Waals surface area (Å²) >= 11 is 0. The Bertz CT molecular complexity index is 676. The fourth-order valence-electron chi connectivity index (χ4n) is 1.48. The van der Waals surface area contributed by atoms with Crippen molar-refractivity contribution in [1.29, 1.82) is 0 Å². The molecule has 0 aliphatic heterocycles. The third kappa shape index (κ3) is 6.53. The molecule has 0 amide bonds. The standard InChI is InChI=1S/C11H15NO6S2/c1-19(15,16)8-20(17,18)12-10-5-2-9(3-6-10)4-7-11(13)14/h2-3,5-6,12H,4,7-8H2,1H3,(H,13,14). The number of carbonyl (C=O) groups is 1. The first kappa shape index (κ1) is 16.4. The van der Waals surface area contributed by atoms with Crippen LogP contribution in [0, 0.1) is 0 Å². The highest BCUT2D eigenvalue weighted by Crippen LogP contribution is 2.13. The molecule has 0 fully saturated rings. The topological polar surface area (TPSA) is 118 Å². The number of aliphatic carboxylic acids is 1. The summed E-state index contributed by atoms with van der Waals surface area (Å²) in [5.41, 5.74) is 0.978. The van der Waals surface area contributed by atoms with E-state index in [1.54, 1.807) is 12.1 Å². The first-order valence-electron chi connectivity index (χ1n) is 5.56. The fourth-order valence-corrected chi connectivity index (χ4v) is 4.47. The number of nitrogens with one attached hydrogen (secondary N) is 1. The lowest BCUT2D eigenvalue weighted by molar-refractivity contribution is -0.136. The molecule has 0 bridgehead atoms. The highest BCUT2D eigenvalue weighted by Gasteiger charge is 2.17. The first-order chi connectivity index (χ1) is 9.07. The van der Waals surface area contributed by atoms with E-state index in [2.05, 4.69) is 4.72 Å². The summed E-state index contributed by atoms with van der Waals surface area (Å²) in [5, 5.41) is 7.56. The summed E-state index contributed by atoms with van der Waals surface area (Å²) in [4.78, 5) is 10.4. The van der Waals surface area contributed by atoms with Crippen LogP contribution in [0.4, 0.5) is 5.69 Å². The van der Waals surface area contributed by atoms with E-state index in [4.69, 9.17) is 5.11 Å². The quantitative estimate of drug-likeness (QED) is 0.753. The summed E-state index contributed by atoms with van der Waals surface area (Å²) < 4.78 is 47.2. The Kier molecular flexibility index (Phi) is 5.12. The minimum absolute atomic E-state index is 0.0147. The molecule has 0 saturated heterocycles. The van der Waals surface area contributed by atoms with Crippen LogP contribution in [-0.4, -0.2) is 39.3 Å². The van der Waals surface area contributed by atoms with Crippen molar-refractivity contribution in [2.75, 3.05) is 16.1 Å². The van der Waals surface area contributed by atoms with Crippen molar-refractivity contribution in [2.24, 2.45) is 0 Å². The Morgan fingerprint density at radius 3 is 2.15 bits per heavy atom. The van der Waals surface area contributed by atoms with Crippen molar-refractivity contribution in [1.82, 2.24) is 0 Å². The molecule has 0 saturated carbocycles. The normalized spacial score (nSPS) is 12.1. The van der Waals surface area contributed by atoms with Crippen LogP contribution in [0.15, 0.2) is 24.3 Å². The molecular formula is C11H15NO6S2. The van der Waals surface area contributed by atoms with Crippen LogP contribution >= 0.6 is 0 Å². The van der Waals surface area contributed by atoms with Crippen LogP contribution in [0.2, 0.25) is 0 Å². The number of benzene rings is 1. The largest absolute Gasteiger partial charge is 0.481 e. The molecule has 0 aliphatic rings. The van der Waals surface area contributed by atoms with Crippen molar-refractivity contribution in [3.05, 3.63) is 29.8 Å². The van der Waals surface area contributed by atoms with Gasteiger partial charge in [0.2, 0.25) is 10.0 Å². The minimum Gasteiger partial charge on any atom is -0.481 e. The van der Waals surface area contributed by atoms with E-state index in [0.29, 0.717) is 6.42 Å². The third-order valence-corrected chi connectivity index (χ3v) is 5.72. The van der Waals surface area contributed by atoms with E-state index in [1.165, 1.54) is 12.1 Å². The molecule has 0 unspecified atom stereocenters. The zero-order valence-corrected chi connectivity index (χ0v) is 12.4. The zero-order valence-electron chi connectivity index (χ0n) is 10.7. The predicted octanol–water partition coefficient (Wildman–Crippen LogP) is 0.448. The van der Waals surface area contributed by atoms with Gasteiger partial charge in [-0.15, -0.1) is 0 Å². The molecule has 1 rings (SSSR count). The second-order valence-electron chi connectivity index (χ2n) is 4.35. The summed E-state index contributed by atoms with van der Waals surface area (Å²) in [6, 6.07) is 6.08. The Labute approximate surface area is 117 Å². The van der Waals surface area contributed by atoms with Crippen LogP contribution in [-0.2, 0) is 31.1 Å². The molecule has 7 nitrogen and oxygen atoms in total. The molecule has 0 spiro atoms. The van der Waals surface area contributed by atoms with Crippen molar-refractivity contribution in [3.63, 3.8) is 0 Å². The molecule has 1 aromatic rings. The third-order valence-electron chi connectivity index (χ3n) is 2.22.